The molecule has 2 heteroatoms. The van der Waals surface area contributed by atoms with Crippen molar-refractivity contribution in [3.8, 4) is 0 Å². The minimum Gasteiger partial charge on any atom is -0.384 e. The fourth-order valence-corrected chi connectivity index (χ4v) is 0.333. The van der Waals surface area contributed by atoms with Crippen molar-refractivity contribution in [2.75, 3.05) is 13.7 Å². The van der Waals surface area contributed by atoms with Crippen LogP contribution in [-0.4, -0.2) is 13.7 Å². The molecule has 0 unspecified atom stereocenters. The molecule has 0 saturated carbocycles. The van der Waals surface area contributed by atoms with E-state index in [1.54, 1.807) is 7.11 Å². The van der Waals surface area contributed by atoms with Gasteiger partial charge in [0.05, 0.1) is 0 Å². The zero-order valence-corrected chi connectivity index (χ0v) is 5.94. The minimum atomic E-state index is 0. The molecule has 0 amide bonds. The van der Waals surface area contributed by atoms with E-state index in [1.165, 1.54) is 0 Å². The van der Waals surface area contributed by atoms with Gasteiger partial charge < -0.3 is 4.74 Å². The van der Waals surface area contributed by atoms with Crippen LogP contribution in [-0.2, 0) is 21.8 Å². The van der Waals surface area contributed by atoms with Crippen LogP contribution in [0.5, 0.6) is 0 Å². The summed E-state index contributed by atoms with van der Waals surface area (Å²) in [6.07, 6.45) is 0. The predicted molar refractivity (Wildman–Crippen MR) is 26.7 cm³/mol. The van der Waals surface area contributed by atoms with Crippen LogP contribution in [0.2, 0.25) is 0 Å². The molecule has 0 aliphatic heterocycles. The maximum atomic E-state index is 4.80. The maximum absolute atomic E-state index is 4.80. The topological polar surface area (TPSA) is 9.23 Å². The van der Waals surface area contributed by atoms with Gasteiger partial charge in [-0.3, -0.25) is 0 Å². The molecular formula is C5H12CuO. The number of ether oxygens (including phenoxy) is 1. The van der Waals surface area contributed by atoms with E-state index in [0.717, 1.165) is 6.61 Å². The van der Waals surface area contributed by atoms with Crippen LogP contribution in [0.3, 0.4) is 0 Å². The molecule has 0 aromatic rings. The van der Waals surface area contributed by atoms with Crippen molar-refractivity contribution >= 4 is 0 Å². The number of rotatable bonds is 2. The molecule has 0 aliphatic rings. The van der Waals surface area contributed by atoms with E-state index >= 15 is 0 Å². The van der Waals surface area contributed by atoms with E-state index in [0.29, 0.717) is 5.92 Å². The first-order chi connectivity index (χ1) is 2.77. The van der Waals surface area contributed by atoms with E-state index in [4.69, 9.17) is 4.74 Å². The first-order valence-corrected chi connectivity index (χ1v) is 2.26. The molecule has 0 atom stereocenters. The maximum Gasteiger partial charge on any atom is 0.0485 e. The molecule has 0 aromatic heterocycles. The Balaban J connectivity index is 0. The van der Waals surface area contributed by atoms with Crippen molar-refractivity contribution in [1.29, 1.82) is 0 Å². The van der Waals surface area contributed by atoms with Crippen molar-refractivity contribution in [2.45, 2.75) is 13.8 Å². The summed E-state index contributed by atoms with van der Waals surface area (Å²) in [5.74, 6) is 0.676. The molecule has 7 heavy (non-hydrogen) atoms. The van der Waals surface area contributed by atoms with Crippen LogP contribution < -0.4 is 0 Å². The van der Waals surface area contributed by atoms with Gasteiger partial charge in [0.2, 0.25) is 0 Å². The van der Waals surface area contributed by atoms with Gasteiger partial charge in [0, 0.05) is 30.8 Å². The molecule has 0 N–H and O–H groups in total. The van der Waals surface area contributed by atoms with Gasteiger partial charge in [-0.05, 0) is 5.92 Å². The normalized spacial score (nSPS) is 8.57. The van der Waals surface area contributed by atoms with Gasteiger partial charge in [-0.2, -0.15) is 0 Å². The third-order valence-electron chi connectivity index (χ3n) is 0.500. The van der Waals surface area contributed by atoms with Crippen LogP contribution >= 0.6 is 0 Å². The van der Waals surface area contributed by atoms with Crippen molar-refractivity contribution in [1.82, 2.24) is 0 Å². The van der Waals surface area contributed by atoms with Crippen LogP contribution in [0.25, 0.3) is 0 Å². The van der Waals surface area contributed by atoms with Crippen LogP contribution in [0.1, 0.15) is 13.8 Å². The smallest absolute Gasteiger partial charge is 0.0485 e. The quantitative estimate of drug-likeness (QED) is 0.541. The van der Waals surface area contributed by atoms with E-state index in [9.17, 15) is 0 Å². The first-order valence-electron chi connectivity index (χ1n) is 2.26. The fourth-order valence-electron chi connectivity index (χ4n) is 0.333. The van der Waals surface area contributed by atoms with Crippen LogP contribution in [0.15, 0.2) is 0 Å². The van der Waals surface area contributed by atoms with Crippen molar-refractivity contribution in [3.63, 3.8) is 0 Å². The Morgan fingerprint density at radius 2 is 1.86 bits per heavy atom. The van der Waals surface area contributed by atoms with E-state index < -0.39 is 0 Å². The molecule has 0 aliphatic carbocycles. The third-order valence-corrected chi connectivity index (χ3v) is 0.500. The second kappa shape index (κ2) is 6.48. The monoisotopic (exact) mass is 151 g/mol. The molecule has 0 fully saturated rings. The fraction of sp³-hybridized carbons (Fsp3) is 1.00. The average molecular weight is 152 g/mol. The SMILES string of the molecule is COCC(C)C.[Cu]. The van der Waals surface area contributed by atoms with Gasteiger partial charge in [0.15, 0.2) is 0 Å². The van der Waals surface area contributed by atoms with Crippen molar-refractivity contribution in [2.24, 2.45) is 5.92 Å². The summed E-state index contributed by atoms with van der Waals surface area (Å²) >= 11 is 0. The Bertz CT molecular complexity index is 29.3. The Kier molecular flexibility index (Phi) is 9.68. The molecular weight excluding hydrogens is 140 g/mol. The minimum absolute atomic E-state index is 0. The molecule has 49 valence electrons. The Hall–Kier alpha value is 0.479. The molecule has 1 radical (unpaired) electrons. The number of hydrogen-bond donors (Lipinski definition) is 0. The number of hydrogen-bond acceptors (Lipinski definition) is 1. The zero-order chi connectivity index (χ0) is 4.99. The summed E-state index contributed by atoms with van der Waals surface area (Å²) in [6, 6.07) is 0. The summed E-state index contributed by atoms with van der Waals surface area (Å²) in [4.78, 5) is 0. The summed E-state index contributed by atoms with van der Waals surface area (Å²) < 4.78 is 4.80. The third kappa shape index (κ3) is 10.7. The van der Waals surface area contributed by atoms with Gasteiger partial charge in [-0.25, -0.2) is 0 Å². The van der Waals surface area contributed by atoms with Gasteiger partial charge in [-0.1, -0.05) is 13.8 Å². The van der Waals surface area contributed by atoms with E-state index in [1.807, 2.05) is 0 Å². The Morgan fingerprint density at radius 1 is 1.43 bits per heavy atom. The second-order valence-electron chi connectivity index (χ2n) is 1.85. The van der Waals surface area contributed by atoms with Crippen LogP contribution in [0.4, 0.5) is 0 Å². The van der Waals surface area contributed by atoms with Crippen molar-refractivity contribution < 1.29 is 21.8 Å². The second-order valence-corrected chi connectivity index (χ2v) is 1.85. The van der Waals surface area contributed by atoms with E-state index in [-0.39, 0.29) is 17.1 Å². The van der Waals surface area contributed by atoms with Crippen molar-refractivity contribution in [3.05, 3.63) is 0 Å². The first kappa shape index (κ1) is 10.5. The Labute approximate surface area is 55.9 Å². The summed E-state index contributed by atoms with van der Waals surface area (Å²) in [5, 5.41) is 0. The van der Waals surface area contributed by atoms with Gasteiger partial charge in [-0.15, -0.1) is 0 Å². The van der Waals surface area contributed by atoms with Gasteiger partial charge in [0.25, 0.3) is 0 Å². The van der Waals surface area contributed by atoms with Gasteiger partial charge in [0.1, 0.15) is 0 Å². The predicted octanol–water partition coefficient (Wildman–Crippen LogP) is 1.29. The number of methoxy groups -OCH3 is 1. The molecule has 0 spiro atoms. The molecule has 0 rings (SSSR count). The standard InChI is InChI=1S/C5H12O.Cu/c1-5(2)4-6-3;/h5H,4H2,1-3H3;. The summed E-state index contributed by atoms with van der Waals surface area (Å²) in [7, 11) is 1.72. The average Bonchev–Trinajstić information content (AvgIpc) is 1.35. The van der Waals surface area contributed by atoms with Gasteiger partial charge >= 0.3 is 0 Å². The van der Waals surface area contributed by atoms with Crippen LogP contribution in [0, 0.1) is 5.92 Å². The van der Waals surface area contributed by atoms with E-state index in [2.05, 4.69) is 13.8 Å². The molecule has 0 saturated heterocycles. The zero-order valence-electron chi connectivity index (χ0n) is 4.99. The largest absolute Gasteiger partial charge is 0.384 e. The molecule has 0 bridgehead atoms. The molecule has 0 aromatic carbocycles. The Morgan fingerprint density at radius 3 is 1.86 bits per heavy atom. The summed E-state index contributed by atoms with van der Waals surface area (Å²) in [6.45, 7) is 5.13. The molecule has 0 heterocycles. The summed E-state index contributed by atoms with van der Waals surface area (Å²) in [5.41, 5.74) is 0. The molecule has 1 nitrogen and oxygen atoms in total.